The Morgan fingerprint density at radius 3 is 2.75 bits per heavy atom. The van der Waals surface area contributed by atoms with Crippen molar-refractivity contribution >= 4 is 23.2 Å². The summed E-state index contributed by atoms with van der Waals surface area (Å²) in [5.41, 5.74) is 1.47. The molecule has 0 amide bonds. The van der Waals surface area contributed by atoms with Crippen LogP contribution in [-0.4, -0.2) is 12.0 Å². The minimum absolute atomic E-state index is 0.183. The van der Waals surface area contributed by atoms with E-state index in [-0.39, 0.29) is 6.61 Å². The molecule has 0 saturated heterocycles. The third-order valence-corrected chi connectivity index (χ3v) is 3.10. The van der Waals surface area contributed by atoms with E-state index in [9.17, 15) is 4.39 Å². The molecule has 1 N–H and O–H groups in total. The normalized spacial score (nSPS) is 10.6. The number of aromatic nitrogens is 1. The van der Waals surface area contributed by atoms with Crippen molar-refractivity contribution in [1.82, 2.24) is 10.3 Å². The molecule has 6 heteroatoms. The van der Waals surface area contributed by atoms with Gasteiger partial charge in [0.2, 0.25) is 0 Å². The van der Waals surface area contributed by atoms with Crippen LogP contribution < -0.4 is 10.1 Å². The van der Waals surface area contributed by atoms with E-state index < -0.39 is 5.82 Å². The Morgan fingerprint density at radius 1 is 1.25 bits per heavy atom. The number of nitrogens with one attached hydrogen (secondary N) is 1. The lowest BCUT2D eigenvalue weighted by atomic mass is 10.2. The molecule has 0 bridgehead atoms. The summed E-state index contributed by atoms with van der Waals surface area (Å²) in [5.74, 6) is 0.137. The summed E-state index contributed by atoms with van der Waals surface area (Å²) in [7, 11) is 1.81. The summed E-state index contributed by atoms with van der Waals surface area (Å²) in [4.78, 5) is 3.77. The zero-order chi connectivity index (χ0) is 14.5. The van der Waals surface area contributed by atoms with Gasteiger partial charge in [-0.3, -0.25) is 4.98 Å². The van der Waals surface area contributed by atoms with Crippen molar-refractivity contribution in [3.63, 3.8) is 0 Å². The maximum absolute atomic E-state index is 13.1. The molecule has 20 heavy (non-hydrogen) atoms. The first-order chi connectivity index (χ1) is 9.60. The van der Waals surface area contributed by atoms with E-state index in [4.69, 9.17) is 27.9 Å². The van der Waals surface area contributed by atoms with E-state index in [2.05, 4.69) is 10.3 Å². The Bertz CT molecular complexity index is 608. The summed E-state index contributed by atoms with van der Waals surface area (Å²) in [6.07, 6.45) is 2.69. The average Bonchev–Trinajstić information content (AvgIpc) is 2.38. The van der Waals surface area contributed by atoms with Crippen molar-refractivity contribution < 1.29 is 9.13 Å². The Morgan fingerprint density at radius 2 is 2.05 bits per heavy atom. The highest BCUT2D eigenvalue weighted by Gasteiger charge is 2.11. The predicted octanol–water partition coefficient (Wildman–Crippen LogP) is 3.83. The second kappa shape index (κ2) is 6.88. The average molecular weight is 315 g/mol. The zero-order valence-electron chi connectivity index (χ0n) is 10.8. The summed E-state index contributed by atoms with van der Waals surface area (Å²) >= 11 is 12.1. The van der Waals surface area contributed by atoms with Crippen molar-refractivity contribution in [2.45, 2.75) is 13.2 Å². The van der Waals surface area contributed by atoms with Gasteiger partial charge < -0.3 is 10.1 Å². The highest BCUT2D eigenvalue weighted by atomic mass is 35.5. The Kier molecular flexibility index (Phi) is 5.17. The number of hydrogen-bond acceptors (Lipinski definition) is 3. The molecule has 0 aliphatic carbocycles. The van der Waals surface area contributed by atoms with Crippen molar-refractivity contribution in [1.29, 1.82) is 0 Å². The van der Waals surface area contributed by atoms with Gasteiger partial charge >= 0.3 is 0 Å². The van der Waals surface area contributed by atoms with E-state index >= 15 is 0 Å². The molecule has 0 spiro atoms. The van der Waals surface area contributed by atoms with Crippen LogP contribution in [0.1, 0.15) is 11.1 Å². The van der Waals surface area contributed by atoms with Crippen molar-refractivity contribution in [2.75, 3.05) is 7.05 Å². The Labute approximate surface area is 126 Å². The van der Waals surface area contributed by atoms with Crippen LogP contribution in [0.5, 0.6) is 5.75 Å². The molecule has 3 nitrogen and oxygen atoms in total. The van der Waals surface area contributed by atoms with Gasteiger partial charge in [-0.25, -0.2) is 4.39 Å². The molecule has 0 fully saturated rings. The second-order valence-corrected chi connectivity index (χ2v) is 5.05. The van der Waals surface area contributed by atoms with Crippen LogP contribution in [0.25, 0.3) is 0 Å². The van der Waals surface area contributed by atoms with Gasteiger partial charge in [0.25, 0.3) is 0 Å². The molecule has 0 atom stereocenters. The Balaban J connectivity index is 2.20. The smallest absolute Gasteiger partial charge is 0.142 e. The minimum atomic E-state index is -0.399. The molecular weight excluding hydrogens is 302 g/mol. The van der Waals surface area contributed by atoms with Gasteiger partial charge in [-0.2, -0.15) is 0 Å². The van der Waals surface area contributed by atoms with Gasteiger partial charge in [0.15, 0.2) is 0 Å². The Hall–Kier alpha value is -1.36. The van der Waals surface area contributed by atoms with E-state index in [0.717, 1.165) is 11.8 Å². The third-order valence-electron chi connectivity index (χ3n) is 2.60. The molecule has 2 rings (SSSR count). The lowest BCUT2D eigenvalue weighted by Crippen LogP contribution is -2.08. The number of ether oxygens (including phenoxy) is 1. The van der Waals surface area contributed by atoms with E-state index in [1.54, 1.807) is 18.3 Å². The van der Waals surface area contributed by atoms with Crippen LogP contribution in [0.2, 0.25) is 10.0 Å². The standard InChI is InChI=1S/C14H13Cl2FN2O/c1-18-6-10-3-11(15)4-13(16)14(10)20-8-9-2-12(17)7-19-5-9/h2-5,7,18H,6,8H2,1H3. The molecule has 0 aliphatic rings. The highest BCUT2D eigenvalue weighted by molar-refractivity contribution is 6.35. The van der Waals surface area contributed by atoms with Gasteiger partial charge in [-0.15, -0.1) is 0 Å². The first kappa shape index (κ1) is 15.0. The topological polar surface area (TPSA) is 34.1 Å². The SMILES string of the molecule is CNCc1cc(Cl)cc(Cl)c1OCc1cncc(F)c1. The van der Waals surface area contributed by atoms with Crippen molar-refractivity contribution in [2.24, 2.45) is 0 Å². The maximum atomic E-state index is 13.1. The van der Waals surface area contributed by atoms with Gasteiger partial charge in [0.1, 0.15) is 18.2 Å². The van der Waals surface area contributed by atoms with E-state index in [0.29, 0.717) is 27.9 Å². The van der Waals surface area contributed by atoms with E-state index in [1.165, 1.54) is 6.07 Å². The molecule has 2 aromatic rings. The summed E-state index contributed by atoms with van der Waals surface area (Å²) in [6.45, 7) is 0.750. The monoisotopic (exact) mass is 314 g/mol. The predicted molar refractivity (Wildman–Crippen MR) is 77.8 cm³/mol. The maximum Gasteiger partial charge on any atom is 0.142 e. The van der Waals surface area contributed by atoms with Gasteiger partial charge in [0.05, 0.1) is 11.2 Å². The van der Waals surface area contributed by atoms with Gasteiger partial charge in [-0.1, -0.05) is 23.2 Å². The van der Waals surface area contributed by atoms with Gasteiger partial charge in [0, 0.05) is 28.9 Å². The van der Waals surface area contributed by atoms with Crippen LogP contribution in [0.4, 0.5) is 4.39 Å². The van der Waals surface area contributed by atoms with Gasteiger partial charge in [-0.05, 0) is 25.2 Å². The molecule has 0 radical (unpaired) electrons. The largest absolute Gasteiger partial charge is 0.487 e. The fourth-order valence-corrected chi connectivity index (χ4v) is 2.38. The molecule has 0 aliphatic heterocycles. The third kappa shape index (κ3) is 3.82. The summed E-state index contributed by atoms with van der Waals surface area (Å²) in [5, 5.41) is 3.98. The molecule has 1 aromatic heterocycles. The molecular formula is C14H13Cl2FN2O. The first-order valence-electron chi connectivity index (χ1n) is 5.95. The zero-order valence-corrected chi connectivity index (χ0v) is 12.3. The van der Waals surface area contributed by atoms with Crippen LogP contribution >= 0.6 is 23.2 Å². The van der Waals surface area contributed by atoms with E-state index in [1.807, 2.05) is 7.05 Å². The fourth-order valence-electron chi connectivity index (χ4n) is 1.79. The minimum Gasteiger partial charge on any atom is -0.487 e. The fraction of sp³-hybridized carbons (Fsp3) is 0.214. The molecule has 0 unspecified atom stereocenters. The van der Waals surface area contributed by atoms with Crippen molar-refractivity contribution in [3.05, 3.63) is 57.6 Å². The quantitative estimate of drug-likeness (QED) is 0.910. The first-order valence-corrected chi connectivity index (χ1v) is 6.70. The highest BCUT2D eigenvalue weighted by Crippen LogP contribution is 2.33. The molecule has 0 saturated carbocycles. The van der Waals surface area contributed by atoms with Crippen LogP contribution in [0.15, 0.2) is 30.6 Å². The number of halogens is 3. The number of pyridine rings is 1. The molecule has 106 valence electrons. The summed E-state index contributed by atoms with van der Waals surface area (Å²) < 4.78 is 18.7. The lowest BCUT2D eigenvalue weighted by molar-refractivity contribution is 0.301. The van der Waals surface area contributed by atoms with Crippen LogP contribution in [0, 0.1) is 5.82 Å². The molecule has 1 aromatic carbocycles. The number of nitrogens with zero attached hydrogens (tertiary/aromatic N) is 1. The second-order valence-electron chi connectivity index (χ2n) is 4.21. The summed E-state index contributed by atoms with van der Waals surface area (Å²) in [6, 6.07) is 4.76. The van der Waals surface area contributed by atoms with Crippen LogP contribution in [-0.2, 0) is 13.2 Å². The number of hydrogen-bond donors (Lipinski definition) is 1. The van der Waals surface area contributed by atoms with Crippen LogP contribution in [0.3, 0.4) is 0 Å². The van der Waals surface area contributed by atoms with Crippen molar-refractivity contribution in [3.8, 4) is 5.75 Å². The molecule has 1 heterocycles. The lowest BCUT2D eigenvalue weighted by Gasteiger charge is -2.13. The number of rotatable bonds is 5. The number of benzene rings is 1.